The van der Waals surface area contributed by atoms with Crippen molar-refractivity contribution >= 4 is 26.8 Å². The van der Waals surface area contributed by atoms with Gasteiger partial charge in [0.05, 0.1) is 5.75 Å². The lowest BCUT2D eigenvalue weighted by molar-refractivity contribution is -0.124. The van der Waals surface area contributed by atoms with Crippen LogP contribution in [0.3, 0.4) is 0 Å². The van der Waals surface area contributed by atoms with Crippen molar-refractivity contribution in [3.05, 3.63) is 35.5 Å². The van der Waals surface area contributed by atoms with Gasteiger partial charge in [-0.25, -0.2) is 8.42 Å². The number of fused-ring (bicyclic) bond motifs is 1. The van der Waals surface area contributed by atoms with Gasteiger partial charge in [-0.05, 0) is 44.2 Å². The highest BCUT2D eigenvalue weighted by Gasteiger charge is 2.37. The van der Waals surface area contributed by atoms with Crippen molar-refractivity contribution in [2.45, 2.75) is 45.6 Å². The summed E-state index contributed by atoms with van der Waals surface area (Å²) < 4.78 is 26.1. The molecule has 1 fully saturated rings. The highest BCUT2D eigenvalue weighted by atomic mass is 32.2. The Kier molecular flexibility index (Phi) is 5.67. The Morgan fingerprint density at radius 1 is 1.35 bits per heavy atom. The standard InChI is InChI=1S/C19H27N3O3S/c1-3-13-26(24,25)22-12-6-9-18(22)19(23)20-11-10-15-14(2)21-17-8-5-4-7-16(15)17/h4-5,7-8,18,21H,3,6,9-13H2,1-2H3,(H,20,23)/t18-/m1/s1. The number of nitrogens with one attached hydrogen (secondary N) is 2. The summed E-state index contributed by atoms with van der Waals surface area (Å²) in [4.78, 5) is 15.9. The second-order valence-electron chi connectivity index (χ2n) is 6.90. The fourth-order valence-electron chi connectivity index (χ4n) is 3.80. The number of aromatic nitrogens is 1. The van der Waals surface area contributed by atoms with Crippen LogP contribution in [-0.2, 0) is 21.2 Å². The maximum atomic E-state index is 12.6. The van der Waals surface area contributed by atoms with E-state index in [9.17, 15) is 13.2 Å². The Morgan fingerprint density at radius 3 is 2.88 bits per heavy atom. The first-order valence-corrected chi connectivity index (χ1v) is 10.9. The quantitative estimate of drug-likeness (QED) is 0.777. The van der Waals surface area contributed by atoms with Gasteiger partial charge in [-0.3, -0.25) is 4.79 Å². The lowest BCUT2D eigenvalue weighted by Gasteiger charge is -2.23. The van der Waals surface area contributed by atoms with E-state index in [0.29, 0.717) is 25.9 Å². The predicted molar refractivity (Wildman–Crippen MR) is 104 cm³/mol. The number of sulfonamides is 1. The Labute approximate surface area is 155 Å². The monoisotopic (exact) mass is 377 g/mol. The summed E-state index contributed by atoms with van der Waals surface area (Å²) in [6.07, 6.45) is 2.62. The molecule has 0 spiro atoms. The predicted octanol–water partition coefficient (Wildman–Crippen LogP) is 2.34. The molecule has 1 aromatic heterocycles. The second-order valence-corrected chi connectivity index (χ2v) is 8.94. The molecule has 6 nitrogen and oxygen atoms in total. The van der Waals surface area contributed by atoms with Crippen LogP contribution in [0, 0.1) is 6.92 Å². The molecule has 1 aliphatic heterocycles. The first kappa shape index (κ1) is 18.9. The number of rotatable bonds is 7. The molecule has 1 aromatic carbocycles. The van der Waals surface area contributed by atoms with Crippen molar-refractivity contribution in [2.75, 3.05) is 18.8 Å². The van der Waals surface area contributed by atoms with Crippen molar-refractivity contribution in [1.82, 2.24) is 14.6 Å². The third-order valence-corrected chi connectivity index (χ3v) is 7.10. The molecule has 0 radical (unpaired) electrons. The molecular formula is C19H27N3O3S. The molecule has 0 unspecified atom stereocenters. The summed E-state index contributed by atoms with van der Waals surface area (Å²) in [5.41, 5.74) is 3.40. The number of aryl methyl sites for hydroxylation is 1. The van der Waals surface area contributed by atoms with Crippen LogP contribution in [0.4, 0.5) is 0 Å². The summed E-state index contributed by atoms with van der Waals surface area (Å²) >= 11 is 0. The summed E-state index contributed by atoms with van der Waals surface area (Å²) in [5, 5.41) is 4.11. The van der Waals surface area contributed by atoms with Gasteiger partial charge in [-0.2, -0.15) is 4.31 Å². The summed E-state index contributed by atoms with van der Waals surface area (Å²) in [5.74, 6) is -0.0784. The van der Waals surface area contributed by atoms with Gasteiger partial charge < -0.3 is 10.3 Å². The van der Waals surface area contributed by atoms with Crippen LogP contribution in [0.25, 0.3) is 10.9 Å². The molecule has 2 N–H and O–H groups in total. The molecule has 3 rings (SSSR count). The lowest BCUT2D eigenvalue weighted by atomic mass is 10.1. The number of benzene rings is 1. The second kappa shape index (κ2) is 7.80. The maximum Gasteiger partial charge on any atom is 0.238 e. The van der Waals surface area contributed by atoms with Gasteiger partial charge in [0.15, 0.2) is 0 Å². The summed E-state index contributed by atoms with van der Waals surface area (Å²) in [7, 11) is -3.34. The Hall–Kier alpha value is -1.86. The molecule has 0 saturated carbocycles. The molecule has 26 heavy (non-hydrogen) atoms. The Bertz CT molecular complexity index is 889. The van der Waals surface area contributed by atoms with Crippen molar-refractivity contribution in [1.29, 1.82) is 0 Å². The lowest BCUT2D eigenvalue weighted by Crippen LogP contribution is -2.46. The molecule has 2 heterocycles. The van der Waals surface area contributed by atoms with Crippen LogP contribution in [0.1, 0.15) is 37.4 Å². The van der Waals surface area contributed by atoms with E-state index < -0.39 is 16.1 Å². The molecule has 7 heteroatoms. The van der Waals surface area contributed by atoms with Gasteiger partial charge in [-0.1, -0.05) is 25.1 Å². The average Bonchev–Trinajstić information content (AvgIpc) is 3.20. The van der Waals surface area contributed by atoms with E-state index in [-0.39, 0.29) is 11.7 Å². The molecular weight excluding hydrogens is 350 g/mol. The first-order chi connectivity index (χ1) is 12.4. The minimum absolute atomic E-state index is 0.102. The number of carbonyl (C=O) groups is 1. The van der Waals surface area contributed by atoms with E-state index >= 15 is 0 Å². The number of hydrogen-bond donors (Lipinski definition) is 2. The summed E-state index contributed by atoms with van der Waals surface area (Å²) in [6.45, 7) is 4.82. The molecule has 142 valence electrons. The number of H-pyrrole nitrogens is 1. The van der Waals surface area contributed by atoms with Crippen LogP contribution in [0.5, 0.6) is 0 Å². The number of para-hydroxylation sites is 1. The number of amides is 1. The minimum atomic E-state index is -3.34. The number of carbonyl (C=O) groups excluding carboxylic acids is 1. The minimum Gasteiger partial charge on any atom is -0.358 e. The Morgan fingerprint density at radius 2 is 2.12 bits per heavy atom. The normalized spacial score (nSPS) is 18.5. The Balaban J connectivity index is 1.62. The van der Waals surface area contributed by atoms with E-state index in [1.165, 1.54) is 15.3 Å². The van der Waals surface area contributed by atoms with Gasteiger partial charge in [0, 0.05) is 29.7 Å². The molecule has 1 saturated heterocycles. The van der Waals surface area contributed by atoms with Crippen LogP contribution >= 0.6 is 0 Å². The van der Waals surface area contributed by atoms with Crippen molar-refractivity contribution < 1.29 is 13.2 Å². The van der Waals surface area contributed by atoms with E-state index in [1.807, 2.05) is 32.0 Å². The van der Waals surface area contributed by atoms with Crippen molar-refractivity contribution in [2.24, 2.45) is 0 Å². The zero-order chi connectivity index (χ0) is 18.7. The molecule has 2 aromatic rings. The van der Waals surface area contributed by atoms with Gasteiger partial charge in [0.2, 0.25) is 15.9 Å². The highest BCUT2D eigenvalue weighted by molar-refractivity contribution is 7.89. The smallest absolute Gasteiger partial charge is 0.238 e. The fraction of sp³-hybridized carbons (Fsp3) is 0.526. The number of nitrogens with zero attached hydrogens (tertiary/aromatic N) is 1. The van der Waals surface area contributed by atoms with E-state index in [1.54, 1.807) is 0 Å². The molecule has 1 amide bonds. The first-order valence-electron chi connectivity index (χ1n) is 9.27. The molecule has 0 aliphatic carbocycles. The SMILES string of the molecule is CCCS(=O)(=O)N1CCC[C@@H]1C(=O)NCCc1c(C)[nH]c2ccccc12. The zero-order valence-electron chi connectivity index (χ0n) is 15.4. The average molecular weight is 378 g/mol. The molecule has 1 aliphatic rings. The van der Waals surface area contributed by atoms with Crippen LogP contribution < -0.4 is 5.32 Å². The van der Waals surface area contributed by atoms with E-state index in [4.69, 9.17) is 0 Å². The summed E-state index contributed by atoms with van der Waals surface area (Å²) in [6, 6.07) is 7.56. The third kappa shape index (κ3) is 3.78. The number of hydrogen-bond acceptors (Lipinski definition) is 3. The van der Waals surface area contributed by atoms with Gasteiger partial charge in [-0.15, -0.1) is 0 Å². The highest BCUT2D eigenvalue weighted by Crippen LogP contribution is 2.23. The van der Waals surface area contributed by atoms with Crippen molar-refractivity contribution in [3.8, 4) is 0 Å². The van der Waals surface area contributed by atoms with Gasteiger partial charge >= 0.3 is 0 Å². The zero-order valence-corrected chi connectivity index (χ0v) is 16.2. The maximum absolute atomic E-state index is 12.6. The molecule has 1 atom stereocenters. The van der Waals surface area contributed by atoms with E-state index in [0.717, 1.165) is 24.1 Å². The number of aromatic amines is 1. The van der Waals surface area contributed by atoms with Crippen LogP contribution in [-0.4, -0.2) is 48.5 Å². The van der Waals surface area contributed by atoms with E-state index in [2.05, 4.69) is 16.4 Å². The third-order valence-electron chi connectivity index (χ3n) is 5.03. The molecule has 0 bridgehead atoms. The van der Waals surface area contributed by atoms with Crippen LogP contribution in [0.15, 0.2) is 24.3 Å². The van der Waals surface area contributed by atoms with Gasteiger partial charge in [0.25, 0.3) is 0 Å². The van der Waals surface area contributed by atoms with Gasteiger partial charge in [0.1, 0.15) is 6.04 Å². The topological polar surface area (TPSA) is 82.3 Å². The van der Waals surface area contributed by atoms with Crippen LogP contribution in [0.2, 0.25) is 0 Å². The van der Waals surface area contributed by atoms with Crippen molar-refractivity contribution in [3.63, 3.8) is 0 Å². The largest absolute Gasteiger partial charge is 0.358 e. The fourth-order valence-corrected chi connectivity index (χ4v) is 5.54.